The van der Waals surface area contributed by atoms with Gasteiger partial charge in [-0.15, -0.1) is 0 Å². The number of carbonyl (C=O) groups is 2. The van der Waals surface area contributed by atoms with Crippen LogP contribution in [-0.2, 0) is 16.0 Å². The van der Waals surface area contributed by atoms with Gasteiger partial charge < -0.3 is 25.0 Å². The first-order chi connectivity index (χ1) is 12.7. The molecule has 0 saturated carbocycles. The Bertz CT molecular complexity index is 817. The molecule has 1 aromatic carbocycles. The third-order valence-corrected chi connectivity index (χ3v) is 3.99. The maximum absolute atomic E-state index is 11.6. The third kappa shape index (κ3) is 5.45. The first kappa shape index (κ1) is 20.2. The molecule has 1 aromatic heterocycles. The molecule has 0 amide bonds. The number of carboxylic acids is 2. The average Bonchev–Trinajstić information content (AvgIpc) is 3.01. The molecule has 0 bridgehead atoms. The number of aromatic hydroxyl groups is 2. The molecule has 146 valence electrons. The molecule has 2 aromatic rings. The molecule has 1 heterocycles. The maximum Gasteiger partial charge on any atom is 0.321 e. The van der Waals surface area contributed by atoms with E-state index in [4.69, 9.17) is 0 Å². The van der Waals surface area contributed by atoms with Crippen LogP contribution in [0.2, 0.25) is 0 Å². The highest BCUT2D eigenvalue weighted by Crippen LogP contribution is 2.26. The van der Waals surface area contributed by atoms with Crippen molar-refractivity contribution in [2.75, 3.05) is 0 Å². The van der Waals surface area contributed by atoms with Crippen LogP contribution in [0.3, 0.4) is 0 Å². The fourth-order valence-corrected chi connectivity index (χ4v) is 2.71. The van der Waals surface area contributed by atoms with E-state index in [0.29, 0.717) is 17.8 Å². The van der Waals surface area contributed by atoms with E-state index in [9.17, 15) is 30.0 Å². The summed E-state index contributed by atoms with van der Waals surface area (Å²) in [5, 5.41) is 40.7. The van der Waals surface area contributed by atoms with Gasteiger partial charge in [0.25, 0.3) is 0 Å². The molecular weight excluding hydrogens is 354 g/mol. The van der Waals surface area contributed by atoms with Gasteiger partial charge in [0.2, 0.25) is 0 Å². The molecule has 27 heavy (non-hydrogen) atoms. The Morgan fingerprint density at radius 2 is 1.81 bits per heavy atom. The van der Waals surface area contributed by atoms with Crippen LogP contribution >= 0.6 is 0 Å². The Morgan fingerprint density at radius 1 is 1.15 bits per heavy atom. The topological polar surface area (TPSA) is 145 Å². The van der Waals surface area contributed by atoms with Crippen molar-refractivity contribution in [1.29, 1.82) is 0 Å². The van der Waals surface area contributed by atoms with E-state index in [-0.39, 0.29) is 23.8 Å². The lowest BCUT2D eigenvalue weighted by Crippen LogP contribution is -2.48. The predicted molar refractivity (Wildman–Crippen MR) is 96.0 cm³/mol. The second-order valence-corrected chi connectivity index (χ2v) is 6.73. The highest BCUT2D eigenvalue weighted by Gasteiger charge is 2.27. The Morgan fingerprint density at radius 3 is 2.37 bits per heavy atom. The normalized spacial score (nSPS) is 13.4. The van der Waals surface area contributed by atoms with Crippen LogP contribution in [0, 0.1) is 5.92 Å². The zero-order chi connectivity index (χ0) is 20.1. The van der Waals surface area contributed by atoms with Gasteiger partial charge in [-0.3, -0.25) is 14.9 Å². The minimum absolute atomic E-state index is 0.0247. The number of aromatic nitrogens is 2. The number of benzene rings is 1. The molecule has 2 atom stereocenters. The highest BCUT2D eigenvalue weighted by molar-refractivity contribution is 5.77. The summed E-state index contributed by atoms with van der Waals surface area (Å²) in [4.78, 5) is 27.1. The maximum atomic E-state index is 11.6. The molecule has 0 aliphatic heterocycles. The zero-order valence-corrected chi connectivity index (χ0v) is 15.0. The van der Waals surface area contributed by atoms with Crippen LogP contribution in [0.4, 0.5) is 0 Å². The van der Waals surface area contributed by atoms with Crippen LogP contribution in [0.5, 0.6) is 11.5 Å². The summed E-state index contributed by atoms with van der Waals surface area (Å²) in [5.41, 5.74) is 0.783. The average molecular weight is 377 g/mol. The fraction of sp³-hybridized carbons (Fsp3) is 0.389. The summed E-state index contributed by atoms with van der Waals surface area (Å²) in [6.07, 6.45) is 3.23. The van der Waals surface area contributed by atoms with Crippen LogP contribution in [0.25, 0.3) is 5.69 Å². The number of imidazole rings is 1. The molecule has 2 rings (SSSR count). The Hall–Kier alpha value is -3.07. The lowest BCUT2D eigenvalue weighted by Gasteiger charge is -2.21. The highest BCUT2D eigenvalue weighted by atomic mass is 16.4. The molecule has 0 aliphatic carbocycles. The number of phenolic OH excluding ortho intramolecular Hbond substituents is 2. The standard InChI is InChI=1S/C18H23N3O6/c1-10(2)5-13(17(24)25)20-14(18(26)27)6-11-8-21(9-19-11)15-4-3-12(22)7-16(15)23/h3-4,7-10,13-14,20,22-23H,5-6H2,1-2H3,(H,24,25)(H,26,27). The lowest BCUT2D eigenvalue weighted by molar-refractivity contribution is -0.142. The first-order valence-corrected chi connectivity index (χ1v) is 8.44. The summed E-state index contributed by atoms with van der Waals surface area (Å²) < 4.78 is 1.49. The van der Waals surface area contributed by atoms with Crippen molar-refractivity contribution >= 4 is 11.9 Å². The molecule has 0 radical (unpaired) electrons. The molecule has 0 saturated heterocycles. The van der Waals surface area contributed by atoms with Gasteiger partial charge in [-0.05, 0) is 24.5 Å². The molecule has 9 nitrogen and oxygen atoms in total. The number of hydrogen-bond donors (Lipinski definition) is 5. The van der Waals surface area contributed by atoms with Crippen molar-refractivity contribution < 1.29 is 30.0 Å². The van der Waals surface area contributed by atoms with Crippen LogP contribution in [0.15, 0.2) is 30.7 Å². The molecule has 5 N–H and O–H groups in total. The minimum atomic E-state index is -1.17. The smallest absolute Gasteiger partial charge is 0.321 e. The van der Waals surface area contributed by atoms with E-state index in [2.05, 4.69) is 10.3 Å². The van der Waals surface area contributed by atoms with E-state index >= 15 is 0 Å². The van der Waals surface area contributed by atoms with Gasteiger partial charge in [-0.25, -0.2) is 4.98 Å². The van der Waals surface area contributed by atoms with Gasteiger partial charge in [-0.1, -0.05) is 13.8 Å². The van der Waals surface area contributed by atoms with Crippen molar-refractivity contribution in [3.05, 3.63) is 36.4 Å². The quantitative estimate of drug-likeness (QED) is 0.440. The molecule has 0 fully saturated rings. The Balaban J connectivity index is 2.16. The molecule has 0 aliphatic rings. The van der Waals surface area contributed by atoms with Gasteiger partial charge in [0.1, 0.15) is 23.6 Å². The fourth-order valence-electron chi connectivity index (χ4n) is 2.71. The van der Waals surface area contributed by atoms with E-state index in [1.807, 2.05) is 13.8 Å². The molecule has 9 heteroatoms. The van der Waals surface area contributed by atoms with Gasteiger partial charge in [0, 0.05) is 18.7 Å². The third-order valence-electron chi connectivity index (χ3n) is 3.99. The van der Waals surface area contributed by atoms with Crippen molar-refractivity contribution in [3.63, 3.8) is 0 Å². The van der Waals surface area contributed by atoms with Crippen molar-refractivity contribution in [2.45, 2.75) is 38.8 Å². The number of carboxylic acid groups (broad SMARTS) is 2. The SMILES string of the molecule is CC(C)CC(NC(Cc1cn(-c2ccc(O)cc2O)cn1)C(=O)O)C(=O)O. The van der Waals surface area contributed by atoms with E-state index in [1.54, 1.807) is 6.20 Å². The summed E-state index contributed by atoms with van der Waals surface area (Å²) in [6.45, 7) is 3.72. The van der Waals surface area contributed by atoms with Crippen molar-refractivity contribution in [2.24, 2.45) is 5.92 Å². The molecule has 2 unspecified atom stereocenters. The van der Waals surface area contributed by atoms with Crippen molar-refractivity contribution in [1.82, 2.24) is 14.9 Å². The van der Waals surface area contributed by atoms with E-state index in [0.717, 1.165) is 0 Å². The zero-order valence-electron chi connectivity index (χ0n) is 15.0. The Kier molecular flexibility index (Phi) is 6.40. The van der Waals surface area contributed by atoms with Gasteiger partial charge in [-0.2, -0.15) is 0 Å². The van der Waals surface area contributed by atoms with Crippen LogP contribution < -0.4 is 5.32 Å². The number of phenols is 2. The number of nitrogens with one attached hydrogen (secondary N) is 1. The van der Waals surface area contributed by atoms with E-state index in [1.165, 1.54) is 29.1 Å². The van der Waals surface area contributed by atoms with Gasteiger partial charge in [0.15, 0.2) is 0 Å². The first-order valence-electron chi connectivity index (χ1n) is 8.44. The summed E-state index contributed by atoms with van der Waals surface area (Å²) in [5.74, 6) is -2.43. The van der Waals surface area contributed by atoms with Gasteiger partial charge in [0.05, 0.1) is 17.7 Å². The summed E-state index contributed by atoms with van der Waals surface area (Å²) in [7, 11) is 0. The Labute approximate surface area is 155 Å². The number of nitrogens with zero attached hydrogens (tertiary/aromatic N) is 2. The van der Waals surface area contributed by atoms with Crippen LogP contribution in [0.1, 0.15) is 26.0 Å². The van der Waals surface area contributed by atoms with Crippen molar-refractivity contribution in [3.8, 4) is 17.2 Å². The number of hydrogen-bond acceptors (Lipinski definition) is 6. The summed E-state index contributed by atoms with van der Waals surface area (Å²) >= 11 is 0. The number of aliphatic carboxylic acids is 2. The van der Waals surface area contributed by atoms with Gasteiger partial charge >= 0.3 is 11.9 Å². The van der Waals surface area contributed by atoms with Crippen LogP contribution in [-0.4, -0.2) is 54.0 Å². The monoisotopic (exact) mass is 377 g/mol. The second-order valence-electron chi connectivity index (χ2n) is 6.73. The molecular formula is C18H23N3O6. The molecule has 0 spiro atoms. The minimum Gasteiger partial charge on any atom is -0.508 e. The lowest BCUT2D eigenvalue weighted by atomic mass is 10.0. The largest absolute Gasteiger partial charge is 0.508 e. The van der Waals surface area contributed by atoms with E-state index < -0.39 is 24.0 Å². The summed E-state index contributed by atoms with van der Waals surface area (Å²) in [6, 6.07) is 1.97. The predicted octanol–water partition coefficient (Wildman–Crippen LogP) is 1.37. The second kappa shape index (κ2) is 8.54. The number of rotatable bonds is 9.